The smallest absolute Gasteiger partial charge is 0.198 e. The molecule has 4 heteroatoms. The Balaban J connectivity index is 1.70. The molecule has 1 heterocycles. The molecule has 1 N–H and O–H groups in total. The molecule has 0 aromatic heterocycles. The summed E-state index contributed by atoms with van der Waals surface area (Å²) in [5.41, 5.74) is 1.99. The Kier molecular flexibility index (Phi) is 5.59. The maximum atomic E-state index is 13.2. The first-order valence-corrected chi connectivity index (χ1v) is 11.0. The van der Waals surface area contributed by atoms with E-state index in [4.69, 9.17) is 9.47 Å². The first kappa shape index (κ1) is 22.1. The number of carbonyl (C=O) groups is 1. The van der Waals surface area contributed by atoms with Gasteiger partial charge in [-0.1, -0.05) is 30.3 Å². The van der Waals surface area contributed by atoms with Crippen molar-refractivity contribution in [2.45, 2.75) is 58.7 Å². The van der Waals surface area contributed by atoms with E-state index in [2.05, 4.69) is 12.2 Å². The number of ether oxygens (including phenoxy) is 2. The molecule has 2 aromatic carbocycles. The van der Waals surface area contributed by atoms with Crippen LogP contribution in [0.15, 0.2) is 72.2 Å². The van der Waals surface area contributed by atoms with E-state index < -0.39 is 11.2 Å². The van der Waals surface area contributed by atoms with Crippen molar-refractivity contribution in [2.24, 2.45) is 0 Å². The van der Waals surface area contributed by atoms with Crippen molar-refractivity contribution in [3.63, 3.8) is 0 Å². The summed E-state index contributed by atoms with van der Waals surface area (Å²) in [6.07, 6.45) is 8.25. The van der Waals surface area contributed by atoms with Gasteiger partial charge >= 0.3 is 0 Å². The van der Waals surface area contributed by atoms with E-state index in [0.717, 1.165) is 46.6 Å². The van der Waals surface area contributed by atoms with Gasteiger partial charge in [-0.25, -0.2) is 0 Å². The van der Waals surface area contributed by atoms with E-state index in [1.54, 1.807) is 27.7 Å². The van der Waals surface area contributed by atoms with E-state index in [0.29, 0.717) is 5.57 Å². The Morgan fingerprint density at radius 3 is 2.28 bits per heavy atom. The molecule has 0 fully saturated rings. The summed E-state index contributed by atoms with van der Waals surface area (Å²) in [4.78, 5) is 13.2. The average Bonchev–Trinajstić information content (AvgIpc) is 2.75. The summed E-state index contributed by atoms with van der Waals surface area (Å²) in [7, 11) is 0. The quantitative estimate of drug-likeness (QED) is 0.586. The minimum Gasteiger partial charge on any atom is -0.508 e. The number of aliphatic hydroxyl groups excluding tert-OH is 1. The largest absolute Gasteiger partial charge is 0.508 e. The molecule has 0 amide bonds. The molecule has 0 saturated heterocycles. The van der Waals surface area contributed by atoms with Crippen molar-refractivity contribution in [3.8, 4) is 16.9 Å². The van der Waals surface area contributed by atoms with Gasteiger partial charge in [-0.15, -0.1) is 0 Å². The fourth-order valence-corrected chi connectivity index (χ4v) is 4.28. The highest BCUT2D eigenvalue weighted by Crippen LogP contribution is 2.41. The Hall–Kier alpha value is -3.11. The number of Topliss-reactive ketones (excluding diaryl/α,β-unsaturated/α-hetero) is 1. The minimum atomic E-state index is -1.02. The number of carbonyl (C=O) groups excluding carboxylic acids is 1. The lowest BCUT2D eigenvalue weighted by atomic mass is 9.81. The SMILES string of the molecule is Cc1ccc(-c2ccc(OC3=CCCC=C3)cc2)cc1C1=C(O)C(C)(C)OC(C)(C)C1=O. The zero-order valence-electron chi connectivity index (χ0n) is 19.4. The Bertz CT molecular complexity index is 1140. The lowest BCUT2D eigenvalue weighted by Crippen LogP contribution is -2.49. The molecule has 4 nitrogen and oxygen atoms in total. The molecule has 2 aliphatic rings. The maximum absolute atomic E-state index is 13.2. The third-order valence-corrected chi connectivity index (χ3v) is 5.98. The number of benzene rings is 2. The third-order valence-electron chi connectivity index (χ3n) is 5.98. The summed E-state index contributed by atoms with van der Waals surface area (Å²) in [5, 5.41) is 10.9. The summed E-state index contributed by atoms with van der Waals surface area (Å²) < 4.78 is 11.8. The van der Waals surface area contributed by atoms with Crippen molar-refractivity contribution >= 4 is 11.4 Å². The number of rotatable bonds is 4. The highest BCUT2D eigenvalue weighted by Gasteiger charge is 2.47. The monoisotopic (exact) mass is 430 g/mol. The average molecular weight is 431 g/mol. The van der Waals surface area contributed by atoms with Crippen LogP contribution < -0.4 is 4.74 Å². The highest BCUT2D eigenvalue weighted by molar-refractivity contribution is 6.26. The predicted octanol–water partition coefficient (Wildman–Crippen LogP) is 6.70. The van der Waals surface area contributed by atoms with Crippen molar-refractivity contribution in [1.29, 1.82) is 0 Å². The molecule has 166 valence electrons. The van der Waals surface area contributed by atoms with Crippen molar-refractivity contribution in [3.05, 3.63) is 83.3 Å². The van der Waals surface area contributed by atoms with Crippen LogP contribution in [-0.2, 0) is 9.53 Å². The highest BCUT2D eigenvalue weighted by atomic mass is 16.5. The fourth-order valence-electron chi connectivity index (χ4n) is 4.28. The molecule has 2 aromatic rings. The van der Waals surface area contributed by atoms with Crippen LogP contribution in [0, 0.1) is 6.92 Å². The van der Waals surface area contributed by atoms with E-state index in [1.165, 1.54) is 0 Å². The first-order chi connectivity index (χ1) is 15.1. The van der Waals surface area contributed by atoms with Crippen molar-refractivity contribution in [2.75, 3.05) is 0 Å². The summed E-state index contributed by atoms with van der Waals surface area (Å²) in [6.45, 7) is 9.01. The van der Waals surface area contributed by atoms with Crippen LogP contribution >= 0.6 is 0 Å². The van der Waals surface area contributed by atoms with Crippen LogP contribution in [0.25, 0.3) is 16.7 Å². The van der Waals surface area contributed by atoms with Gasteiger partial charge in [0, 0.05) is 0 Å². The maximum Gasteiger partial charge on any atom is 0.198 e. The second-order valence-corrected chi connectivity index (χ2v) is 9.42. The standard InChI is InChI=1S/C28H30O4/c1-18-11-12-20(19-13-15-22(16-14-19)31-21-9-7-6-8-10-21)17-23(18)24-25(29)27(2,3)32-28(4,5)26(24)30/h7,9-17,29H,6,8H2,1-5H3. The summed E-state index contributed by atoms with van der Waals surface area (Å²) in [6, 6.07) is 13.9. The van der Waals surface area contributed by atoms with Crippen LogP contribution in [-0.4, -0.2) is 22.1 Å². The molecule has 1 aliphatic carbocycles. The Morgan fingerprint density at radius 2 is 1.62 bits per heavy atom. The van der Waals surface area contributed by atoms with E-state index in [1.807, 2.05) is 55.5 Å². The van der Waals surface area contributed by atoms with E-state index in [9.17, 15) is 9.90 Å². The normalized spacial score (nSPS) is 19.7. The van der Waals surface area contributed by atoms with Crippen LogP contribution in [0.5, 0.6) is 5.75 Å². The number of aryl methyl sites for hydroxylation is 1. The number of hydrogen-bond donors (Lipinski definition) is 1. The summed E-state index contributed by atoms with van der Waals surface area (Å²) in [5.74, 6) is 1.40. The first-order valence-electron chi connectivity index (χ1n) is 11.0. The van der Waals surface area contributed by atoms with Gasteiger partial charge in [-0.2, -0.15) is 0 Å². The minimum absolute atomic E-state index is 0.0281. The van der Waals surface area contributed by atoms with Gasteiger partial charge < -0.3 is 14.6 Å². The number of hydrogen-bond acceptors (Lipinski definition) is 4. The lowest BCUT2D eigenvalue weighted by Gasteiger charge is -2.40. The molecule has 0 spiro atoms. The predicted molar refractivity (Wildman–Crippen MR) is 127 cm³/mol. The topological polar surface area (TPSA) is 55.8 Å². The van der Waals surface area contributed by atoms with Crippen LogP contribution in [0.3, 0.4) is 0 Å². The van der Waals surface area contributed by atoms with Gasteiger partial charge in [0.2, 0.25) is 0 Å². The molecule has 1 aliphatic heterocycles. The third kappa shape index (κ3) is 4.15. The lowest BCUT2D eigenvalue weighted by molar-refractivity contribution is -0.158. The molecular formula is C28H30O4. The van der Waals surface area contributed by atoms with Crippen molar-refractivity contribution in [1.82, 2.24) is 0 Å². The number of aliphatic hydroxyl groups is 1. The van der Waals surface area contributed by atoms with Crippen LogP contribution in [0.4, 0.5) is 0 Å². The second-order valence-electron chi connectivity index (χ2n) is 9.42. The second kappa shape index (κ2) is 8.10. The molecule has 0 bridgehead atoms. The molecule has 0 atom stereocenters. The van der Waals surface area contributed by atoms with E-state index in [-0.39, 0.29) is 11.5 Å². The van der Waals surface area contributed by atoms with Gasteiger partial charge in [0.05, 0.1) is 5.57 Å². The van der Waals surface area contributed by atoms with Crippen LogP contribution in [0.2, 0.25) is 0 Å². The van der Waals surface area contributed by atoms with Gasteiger partial charge in [-0.05, 0) is 100 Å². The molecule has 32 heavy (non-hydrogen) atoms. The zero-order valence-corrected chi connectivity index (χ0v) is 19.4. The molecule has 0 radical (unpaired) electrons. The van der Waals surface area contributed by atoms with Gasteiger partial charge in [0.15, 0.2) is 5.78 Å². The molecule has 0 saturated carbocycles. The molecule has 0 unspecified atom stereocenters. The zero-order chi connectivity index (χ0) is 23.1. The Morgan fingerprint density at radius 1 is 0.938 bits per heavy atom. The number of allylic oxidation sites excluding steroid dienone is 3. The summed E-state index contributed by atoms with van der Waals surface area (Å²) >= 11 is 0. The Labute approximate surface area is 189 Å². The number of ketones is 1. The van der Waals surface area contributed by atoms with Crippen molar-refractivity contribution < 1.29 is 19.4 Å². The van der Waals surface area contributed by atoms with Crippen LogP contribution in [0.1, 0.15) is 51.7 Å². The van der Waals surface area contributed by atoms with Gasteiger partial charge in [0.25, 0.3) is 0 Å². The van der Waals surface area contributed by atoms with Gasteiger partial charge in [0.1, 0.15) is 28.5 Å². The molecular weight excluding hydrogens is 400 g/mol. The van der Waals surface area contributed by atoms with E-state index >= 15 is 0 Å². The van der Waals surface area contributed by atoms with Gasteiger partial charge in [-0.3, -0.25) is 4.79 Å². The molecule has 4 rings (SSSR count). The fraction of sp³-hybridized carbons (Fsp3) is 0.321.